The minimum Gasteiger partial charge on any atom is -0.497 e. The van der Waals surface area contributed by atoms with E-state index in [1.165, 1.54) is 0 Å². The molecule has 4 rings (SSSR count). The maximum Gasteiger partial charge on any atom is 0.207 e. The van der Waals surface area contributed by atoms with E-state index in [2.05, 4.69) is 0 Å². The van der Waals surface area contributed by atoms with Gasteiger partial charge in [0, 0.05) is 23.1 Å². The van der Waals surface area contributed by atoms with Crippen molar-refractivity contribution in [2.75, 3.05) is 33.4 Å². The van der Waals surface area contributed by atoms with Gasteiger partial charge >= 0.3 is 0 Å². The van der Waals surface area contributed by atoms with Gasteiger partial charge in [-0.1, -0.05) is 0 Å². The second-order valence-corrected chi connectivity index (χ2v) is 7.94. The molecule has 0 bridgehead atoms. The Kier molecular flexibility index (Phi) is 5.99. The first-order valence-corrected chi connectivity index (χ1v) is 10.7. The number of hydrogen-bond donors (Lipinski definition) is 0. The van der Waals surface area contributed by atoms with Crippen molar-refractivity contribution in [3.63, 3.8) is 0 Å². The lowest BCUT2D eigenvalue weighted by Crippen LogP contribution is -2.18. The van der Waals surface area contributed by atoms with E-state index in [0.29, 0.717) is 17.2 Å². The van der Waals surface area contributed by atoms with Gasteiger partial charge in [0.05, 0.1) is 40.2 Å². The van der Waals surface area contributed by atoms with Gasteiger partial charge in [0.25, 0.3) is 0 Å². The summed E-state index contributed by atoms with van der Waals surface area (Å²) in [6.45, 7) is 2.03. The van der Waals surface area contributed by atoms with E-state index in [9.17, 15) is 0 Å². The summed E-state index contributed by atoms with van der Waals surface area (Å²) < 4.78 is 21.8. The molecule has 2 heterocycles. The minimum absolute atomic E-state index is 0.0106. The topological polar surface area (TPSA) is 65.4 Å². The van der Waals surface area contributed by atoms with Crippen molar-refractivity contribution in [1.82, 2.24) is 4.98 Å². The summed E-state index contributed by atoms with van der Waals surface area (Å²) in [7, 11) is 6.51. The van der Waals surface area contributed by atoms with Gasteiger partial charge in [0.2, 0.25) is 10.9 Å². The molecule has 0 amide bonds. The molecule has 0 spiro atoms. The highest BCUT2D eigenvalue weighted by atomic mass is 32.1. The molecule has 2 aromatic carbocycles. The molecule has 0 radical (unpaired) electrons. The number of thiazole rings is 1. The molecule has 8 heteroatoms. The fraction of sp³-hybridized carbons (Fsp3) is 0.304. The first-order chi connectivity index (χ1) is 15.1. The highest BCUT2D eigenvalue weighted by Crippen LogP contribution is 2.44. The second kappa shape index (κ2) is 8.85. The molecular weight excluding hydrogens is 414 g/mol. The summed E-state index contributed by atoms with van der Waals surface area (Å²) in [5, 5.41) is 9.63. The Morgan fingerprint density at radius 3 is 2.19 bits per heavy atom. The number of aromatic nitrogens is 1. The number of hydrogen-bond acceptors (Lipinski definition) is 8. The van der Waals surface area contributed by atoms with Crippen molar-refractivity contribution < 1.29 is 18.9 Å². The summed E-state index contributed by atoms with van der Waals surface area (Å²) in [5.41, 5.74) is 4.01. The first kappa shape index (κ1) is 21.0. The predicted octanol–water partition coefficient (Wildman–Crippen LogP) is 5.17. The molecule has 3 aromatic rings. The van der Waals surface area contributed by atoms with Crippen LogP contribution in [0.1, 0.15) is 24.9 Å². The van der Waals surface area contributed by atoms with E-state index < -0.39 is 0 Å². The van der Waals surface area contributed by atoms with Crippen molar-refractivity contribution in [3.05, 3.63) is 47.3 Å². The monoisotopic (exact) mass is 439 g/mol. The minimum atomic E-state index is -0.0106. The van der Waals surface area contributed by atoms with E-state index >= 15 is 0 Å². The summed E-state index contributed by atoms with van der Waals surface area (Å²) in [5.74, 6) is 2.65. The number of nitrogens with zero attached hydrogens (tertiary/aromatic N) is 3. The largest absolute Gasteiger partial charge is 0.497 e. The molecular formula is C23H25N3O4S. The lowest BCUT2D eigenvalue weighted by atomic mass is 10.0. The Balaban J connectivity index is 1.68. The Labute approximate surface area is 185 Å². The van der Waals surface area contributed by atoms with Gasteiger partial charge in [-0.25, -0.2) is 9.99 Å². The molecule has 0 unspecified atom stereocenters. The van der Waals surface area contributed by atoms with E-state index in [0.717, 1.165) is 39.8 Å². The molecule has 0 saturated carbocycles. The van der Waals surface area contributed by atoms with Crippen molar-refractivity contribution in [3.8, 4) is 34.3 Å². The lowest BCUT2D eigenvalue weighted by Gasteiger charge is -2.23. The fourth-order valence-corrected chi connectivity index (χ4v) is 4.49. The molecule has 0 saturated heterocycles. The van der Waals surface area contributed by atoms with Gasteiger partial charge in [-0.15, -0.1) is 11.3 Å². The number of ether oxygens (including phenoxy) is 4. The maximum atomic E-state index is 5.54. The highest BCUT2D eigenvalue weighted by Gasteiger charge is 2.31. The van der Waals surface area contributed by atoms with E-state index in [1.54, 1.807) is 39.8 Å². The Hall–Kier alpha value is -3.26. The highest BCUT2D eigenvalue weighted by molar-refractivity contribution is 7.14. The molecule has 1 atom stereocenters. The van der Waals surface area contributed by atoms with Crippen molar-refractivity contribution >= 4 is 22.2 Å². The number of methoxy groups -OCH3 is 4. The quantitative estimate of drug-likeness (QED) is 0.506. The maximum absolute atomic E-state index is 5.54. The van der Waals surface area contributed by atoms with Crippen LogP contribution in [0.5, 0.6) is 23.0 Å². The van der Waals surface area contributed by atoms with Gasteiger partial charge in [-0.3, -0.25) is 0 Å². The standard InChI is InChI=1S/C23H25N3O4S/c1-14-10-19(16-11-20(28-3)22(30-5)21(12-16)29-4)26(25-14)23-24-18(13-31-23)15-6-8-17(27-2)9-7-15/h6-9,11-13,19H,10H2,1-5H3/t19-/m0/s1. The molecule has 0 fully saturated rings. The van der Waals surface area contributed by atoms with Crippen molar-refractivity contribution in [1.29, 1.82) is 0 Å². The summed E-state index contributed by atoms with van der Waals surface area (Å²) in [6.07, 6.45) is 0.788. The van der Waals surface area contributed by atoms with E-state index in [1.807, 2.05) is 53.7 Å². The second-order valence-electron chi connectivity index (χ2n) is 7.10. The molecule has 7 nitrogen and oxygen atoms in total. The normalized spacial score (nSPS) is 15.6. The average Bonchev–Trinajstić information content (AvgIpc) is 3.45. The molecule has 1 aliphatic heterocycles. The zero-order valence-corrected chi connectivity index (χ0v) is 19.0. The van der Waals surface area contributed by atoms with Crippen LogP contribution < -0.4 is 24.0 Å². The summed E-state index contributed by atoms with van der Waals surface area (Å²) >= 11 is 1.57. The Morgan fingerprint density at radius 2 is 1.61 bits per heavy atom. The number of hydrazone groups is 1. The van der Waals surface area contributed by atoms with Crippen LogP contribution in [-0.2, 0) is 0 Å². The number of anilines is 1. The van der Waals surface area contributed by atoms with Crippen LogP contribution in [-0.4, -0.2) is 39.1 Å². The average molecular weight is 440 g/mol. The SMILES string of the molecule is COc1ccc(-c2csc(N3N=C(C)C[C@H]3c3cc(OC)c(OC)c(OC)c3)n2)cc1. The van der Waals surface area contributed by atoms with Crippen molar-refractivity contribution in [2.45, 2.75) is 19.4 Å². The molecule has 0 aliphatic carbocycles. The van der Waals surface area contributed by atoms with Crippen LogP contribution in [0.3, 0.4) is 0 Å². The molecule has 31 heavy (non-hydrogen) atoms. The lowest BCUT2D eigenvalue weighted by molar-refractivity contribution is 0.323. The third-order valence-corrected chi connectivity index (χ3v) is 6.04. The van der Waals surface area contributed by atoms with E-state index in [4.69, 9.17) is 29.0 Å². The van der Waals surface area contributed by atoms with Crippen LogP contribution >= 0.6 is 11.3 Å². The zero-order chi connectivity index (χ0) is 22.0. The molecule has 1 aliphatic rings. The van der Waals surface area contributed by atoms with Crippen LogP contribution in [0.25, 0.3) is 11.3 Å². The summed E-state index contributed by atoms with van der Waals surface area (Å²) in [4.78, 5) is 4.86. The number of benzene rings is 2. The van der Waals surface area contributed by atoms with Gasteiger partial charge in [-0.2, -0.15) is 5.10 Å². The molecule has 1 aromatic heterocycles. The van der Waals surface area contributed by atoms with Gasteiger partial charge in [0.15, 0.2) is 11.5 Å². The predicted molar refractivity (Wildman–Crippen MR) is 123 cm³/mol. The van der Waals surface area contributed by atoms with Crippen LogP contribution in [0, 0.1) is 0 Å². The Morgan fingerprint density at radius 1 is 0.935 bits per heavy atom. The van der Waals surface area contributed by atoms with Crippen molar-refractivity contribution in [2.24, 2.45) is 5.10 Å². The first-order valence-electron chi connectivity index (χ1n) is 9.81. The van der Waals surface area contributed by atoms with Crippen LogP contribution in [0.2, 0.25) is 0 Å². The van der Waals surface area contributed by atoms with Gasteiger partial charge in [-0.05, 0) is 48.9 Å². The van der Waals surface area contributed by atoms with E-state index in [-0.39, 0.29) is 6.04 Å². The fourth-order valence-electron chi connectivity index (χ4n) is 3.65. The zero-order valence-electron chi connectivity index (χ0n) is 18.2. The molecule has 162 valence electrons. The smallest absolute Gasteiger partial charge is 0.207 e. The third kappa shape index (κ3) is 4.03. The van der Waals surface area contributed by atoms with Crippen LogP contribution in [0.15, 0.2) is 46.9 Å². The summed E-state index contributed by atoms with van der Waals surface area (Å²) in [6, 6.07) is 11.8. The van der Waals surface area contributed by atoms with Gasteiger partial charge in [0.1, 0.15) is 5.75 Å². The Bertz CT molecular complexity index is 1070. The third-order valence-electron chi connectivity index (χ3n) is 5.21. The molecule has 0 N–H and O–H groups in total. The van der Waals surface area contributed by atoms with Crippen LogP contribution in [0.4, 0.5) is 5.13 Å². The van der Waals surface area contributed by atoms with Gasteiger partial charge < -0.3 is 18.9 Å². The number of rotatable bonds is 7.